The second-order valence-corrected chi connectivity index (χ2v) is 6.19. The Kier molecular flexibility index (Phi) is 6.25. The number of piperidine rings is 1. The van der Waals surface area contributed by atoms with Gasteiger partial charge in [0.2, 0.25) is 0 Å². The topological polar surface area (TPSA) is 28.2 Å². The molecule has 1 fully saturated rings. The third-order valence-corrected chi connectivity index (χ3v) is 4.35. The lowest BCUT2D eigenvalue weighted by molar-refractivity contribution is -0.141. The molecular formula is C12H19ClF3N3S. The summed E-state index contributed by atoms with van der Waals surface area (Å²) in [5.74, 6) is 0. The highest BCUT2D eigenvalue weighted by atomic mass is 35.5. The third-order valence-electron chi connectivity index (χ3n) is 3.40. The van der Waals surface area contributed by atoms with Crippen molar-refractivity contribution in [2.24, 2.45) is 0 Å². The molecule has 1 saturated heterocycles. The van der Waals surface area contributed by atoms with E-state index in [1.54, 1.807) is 6.92 Å². The van der Waals surface area contributed by atoms with Crippen LogP contribution in [-0.2, 0) is 12.7 Å². The van der Waals surface area contributed by atoms with E-state index in [0.717, 1.165) is 37.3 Å². The number of rotatable bonds is 3. The molecule has 0 aliphatic carbocycles. The normalized spacial score (nSPS) is 17.3. The summed E-state index contributed by atoms with van der Waals surface area (Å²) in [4.78, 5) is 5.98. The van der Waals surface area contributed by atoms with Crippen molar-refractivity contribution in [1.29, 1.82) is 0 Å². The maximum Gasteiger partial charge on any atom is 0.434 e. The molecule has 0 saturated carbocycles. The summed E-state index contributed by atoms with van der Waals surface area (Å²) in [7, 11) is 1.89. The maximum absolute atomic E-state index is 12.9. The molecule has 3 nitrogen and oxygen atoms in total. The number of thiazole rings is 1. The fraction of sp³-hybridized carbons (Fsp3) is 0.750. The van der Waals surface area contributed by atoms with Crippen molar-refractivity contribution in [3.8, 4) is 0 Å². The summed E-state index contributed by atoms with van der Waals surface area (Å²) in [6.45, 7) is 3.81. The zero-order valence-electron chi connectivity index (χ0n) is 11.5. The van der Waals surface area contributed by atoms with Gasteiger partial charge in [-0.1, -0.05) is 0 Å². The molecule has 0 spiro atoms. The standard InChI is InChI=1S/C12H18F3N3S.ClH/c1-8-17-11(12(13,14)15)10(19-8)7-18(2)9-3-5-16-6-4-9;/h9,16H,3-7H2,1-2H3;1H. The van der Waals surface area contributed by atoms with E-state index in [1.807, 2.05) is 11.9 Å². The molecule has 2 heterocycles. The second kappa shape index (κ2) is 7.06. The first kappa shape index (κ1) is 17.7. The lowest BCUT2D eigenvalue weighted by Gasteiger charge is -2.31. The van der Waals surface area contributed by atoms with Gasteiger partial charge in [0.05, 0.1) is 9.88 Å². The molecule has 1 aromatic heterocycles. The lowest BCUT2D eigenvalue weighted by atomic mass is 10.1. The van der Waals surface area contributed by atoms with Gasteiger partial charge in [-0.3, -0.25) is 4.90 Å². The Morgan fingerprint density at radius 1 is 1.35 bits per heavy atom. The number of hydrogen-bond acceptors (Lipinski definition) is 4. The van der Waals surface area contributed by atoms with Gasteiger partial charge in [-0.15, -0.1) is 23.7 Å². The van der Waals surface area contributed by atoms with Crippen LogP contribution in [0.5, 0.6) is 0 Å². The van der Waals surface area contributed by atoms with Crippen molar-refractivity contribution in [3.63, 3.8) is 0 Å². The number of nitrogens with zero attached hydrogens (tertiary/aromatic N) is 2. The number of aromatic nitrogens is 1. The Balaban J connectivity index is 0.00000200. The summed E-state index contributed by atoms with van der Waals surface area (Å²) in [6, 6.07) is 0.352. The van der Waals surface area contributed by atoms with E-state index in [4.69, 9.17) is 0 Å². The molecule has 0 atom stereocenters. The first-order valence-electron chi connectivity index (χ1n) is 6.32. The van der Waals surface area contributed by atoms with E-state index in [0.29, 0.717) is 22.5 Å². The molecule has 1 aromatic rings. The molecule has 0 amide bonds. The molecule has 0 unspecified atom stereocenters. The molecular weight excluding hydrogens is 311 g/mol. The van der Waals surface area contributed by atoms with Crippen LogP contribution >= 0.6 is 23.7 Å². The van der Waals surface area contributed by atoms with Crippen LogP contribution in [0.15, 0.2) is 0 Å². The molecule has 1 aliphatic rings. The van der Waals surface area contributed by atoms with Crippen molar-refractivity contribution in [3.05, 3.63) is 15.6 Å². The molecule has 0 aromatic carbocycles. The summed E-state index contributed by atoms with van der Waals surface area (Å²) in [5.41, 5.74) is -0.712. The fourth-order valence-corrected chi connectivity index (χ4v) is 3.42. The Labute approximate surface area is 127 Å². The Morgan fingerprint density at radius 3 is 2.50 bits per heavy atom. The van der Waals surface area contributed by atoms with Gasteiger partial charge in [0.15, 0.2) is 5.69 Å². The van der Waals surface area contributed by atoms with Gasteiger partial charge in [0.1, 0.15) is 0 Å². The van der Waals surface area contributed by atoms with Crippen molar-refractivity contribution < 1.29 is 13.2 Å². The van der Waals surface area contributed by atoms with Gasteiger partial charge >= 0.3 is 6.18 Å². The molecule has 2 rings (SSSR count). The largest absolute Gasteiger partial charge is 0.434 e. The zero-order valence-corrected chi connectivity index (χ0v) is 13.1. The Morgan fingerprint density at radius 2 is 1.95 bits per heavy atom. The molecule has 0 radical (unpaired) electrons. The Bertz CT molecular complexity index is 430. The van der Waals surface area contributed by atoms with Gasteiger partial charge in [-0.05, 0) is 39.9 Å². The van der Waals surface area contributed by atoms with Gasteiger partial charge in [-0.25, -0.2) is 4.98 Å². The predicted molar refractivity (Wildman–Crippen MR) is 76.5 cm³/mol. The minimum atomic E-state index is -4.35. The molecule has 1 N–H and O–H groups in total. The van der Waals surface area contributed by atoms with E-state index >= 15 is 0 Å². The van der Waals surface area contributed by atoms with Crippen LogP contribution in [-0.4, -0.2) is 36.1 Å². The lowest BCUT2D eigenvalue weighted by Crippen LogP contribution is -2.40. The van der Waals surface area contributed by atoms with E-state index in [9.17, 15) is 13.2 Å². The second-order valence-electron chi connectivity index (χ2n) is 4.90. The van der Waals surface area contributed by atoms with Crippen LogP contribution in [0.25, 0.3) is 0 Å². The fourth-order valence-electron chi connectivity index (χ4n) is 2.40. The first-order chi connectivity index (χ1) is 8.88. The summed E-state index contributed by atoms with van der Waals surface area (Å²) in [6.07, 6.45) is -2.39. The van der Waals surface area contributed by atoms with Crippen LogP contribution < -0.4 is 5.32 Å². The van der Waals surface area contributed by atoms with E-state index in [1.165, 1.54) is 0 Å². The van der Waals surface area contributed by atoms with Crippen LogP contribution in [0.3, 0.4) is 0 Å². The zero-order chi connectivity index (χ0) is 14.0. The minimum absolute atomic E-state index is 0. The van der Waals surface area contributed by atoms with E-state index < -0.39 is 11.9 Å². The van der Waals surface area contributed by atoms with Crippen molar-refractivity contribution in [1.82, 2.24) is 15.2 Å². The molecule has 1 aliphatic heterocycles. The SMILES string of the molecule is Cc1nc(C(F)(F)F)c(CN(C)C2CCNCC2)s1.Cl. The highest BCUT2D eigenvalue weighted by Gasteiger charge is 2.37. The quantitative estimate of drug-likeness (QED) is 0.923. The number of alkyl halides is 3. The highest BCUT2D eigenvalue weighted by Crippen LogP contribution is 2.35. The van der Waals surface area contributed by atoms with Crippen LogP contribution in [0.1, 0.15) is 28.4 Å². The number of aryl methyl sites for hydroxylation is 1. The number of halogens is 4. The average Bonchev–Trinajstić information content (AvgIpc) is 2.71. The third kappa shape index (κ3) is 4.31. The summed E-state index contributed by atoms with van der Waals surface area (Å²) >= 11 is 1.15. The van der Waals surface area contributed by atoms with Crippen molar-refractivity contribution >= 4 is 23.7 Å². The smallest absolute Gasteiger partial charge is 0.317 e. The van der Waals surface area contributed by atoms with Gasteiger partial charge in [0.25, 0.3) is 0 Å². The summed E-state index contributed by atoms with van der Waals surface area (Å²) in [5, 5.41) is 3.73. The number of nitrogens with one attached hydrogen (secondary N) is 1. The van der Waals surface area contributed by atoms with E-state index in [2.05, 4.69) is 10.3 Å². The van der Waals surface area contributed by atoms with Gasteiger partial charge in [0, 0.05) is 12.6 Å². The molecule has 116 valence electrons. The monoisotopic (exact) mass is 329 g/mol. The van der Waals surface area contributed by atoms with Gasteiger partial charge in [-0.2, -0.15) is 13.2 Å². The van der Waals surface area contributed by atoms with Crippen LogP contribution in [0.2, 0.25) is 0 Å². The first-order valence-corrected chi connectivity index (χ1v) is 7.14. The minimum Gasteiger partial charge on any atom is -0.317 e. The van der Waals surface area contributed by atoms with Crippen molar-refractivity contribution in [2.75, 3.05) is 20.1 Å². The van der Waals surface area contributed by atoms with Crippen molar-refractivity contribution in [2.45, 2.75) is 38.5 Å². The molecule has 0 bridgehead atoms. The van der Waals surface area contributed by atoms with E-state index in [-0.39, 0.29) is 12.4 Å². The van der Waals surface area contributed by atoms with Gasteiger partial charge < -0.3 is 5.32 Å². The Hall–Kier alpha value is -0.370. The van der Waals surface area contributed by atoms with Crippen LogP contribution in [0.4, 0.5) is 13.2 Å². The summed E-state index contributed by atoms with van der Waals surface area (Å²) < 4.78 is 38.6. The molecule has 20 heavy (non-hydrogen) atoms. The van der Waals surface area contributed by atoms with Crippen LogP contribution in [0, 0.1) is 6.92 Å². The average molecular weight is 330 g/mol. The molecule has 8 heteroatoms. The maximum atomic E-state index is 12.9. The highest BCUT2D eigenvalue weighted by molar-refractivity contribution is 7.11. The predicted octanol–water partition coefficient (Wildman–Crippen LogP) is 3.08. The number of hydrogen-bond donors (Lipinski definition) is 1.